The average Bonchev–Trinajstić information content (AvgIpc) is 2.22. The van der Waals surface area contributed by atoms with Crippen molar-refractivity contribution in [2.24, 2.45) is 5.92 Å². The molecule has 96 valence electrons. The highest BCUT2D eigenvalue weighted by Gasteiger charge is 2.17. The number of nitrogens with one attached hydrogen (secondary N) is 1. The third-order valence-corrected chi connectivity index (χ3v) is 4.18. The van der Waals surface area contributed by atoms with Gasteiger partial charge in [0.2, 0.25) is 5.91 Å². The highest BCUT2D eigenvalue weighted by Crippen LogP contribution is 2.11. The molecule has 1 amide bonds. The molecule has 0 aromatic rings. The summed E-state index contributed by atoms with van der Waals surface area (Å²) in [5.74, 6) is 0.431. The molecule has 0 aliphatic carbocycles. The highest BCUT2D eigenvalue weighted by atomic mass is 79.9. The monoisotopic (exact) mass is 292 g/mol. The summed E-state index contributed by atoms with van der Waals surface area (Å²) in [5.41, 5.74) is 0. The highest BCUT2D eigenvalue weighted by molar-refractivity contribution is 9.10. The molecule has 0 fully saturated rings. The fraction of sp³-hybridized carbons (Fsp3) is 0.917. The summed E-state index contributed by atoms with van der Waals surface area (Å²) < 4.78 is 0. The maximum Gasteiger partial charge on any atom is 0.234 e. The topological polar surface area (TPSA) is 32.3 Å². The van der Waals surface area contributed by atoms with Crippen molar-refractivity contribution in [1.29, 1.82) is 0 Å². The number of hydrogen-bond acceptors (Lipinski definition) is 2. The molecule has 1 atom stereocenters. The van der Waals surface area contributed by atoms with Gasteiger partial charge in [0.05, 0.1) is 4.83 Å². The maximum absolute atomic E-state index is 11.6. The number of hydrogen-bond donors (Lipinski definition) is 1. The molecule has 3 nitrogen and oxygen atoms in total. The van der Waals surface area contributed by atoms with Crippen molar-refractivity contribution in [3.05, 3.63) is 0 Å². The Hall–Kier alpha value is -0.0900. The number of halogens is 1. The fourth-order valence-corrected chi connectivity index (χ4v) is 1.36. The Morgan fingerprint density at radius 2 is 1.88 bits per heavy atom. The molecule has 0 aliphatic heterocycles. The summed E-state index contributed by atoms with van der Waals surface area (Å²) >= 11 is 3.39. The standard InChI is InChI=1S/C12H25BrN2O/c1-9(2)11(13)12(16)14-7-6-8-15(5)10(3)4/h9-11H,6-8H2,1-5H3,(H,14,16). The third-order valence-electron chi connectivity index (χ3n) is 2.70. The number of carbonyl (C=O) groups excluding carboxylic acids is 1. The van der Waals surface area contributed by atoms with Gasteiger partial charge in [0.25, 0.3) is 0 Å². The van der Waals surface area contributed by atoms with Crippen molar-refractivity contribution in [2.45, 2.75) is 45.0 Å². The largest absolute Gasteiger partial charge is 0.355 e. The van der Waals surface area contributed by atoms with E-state index in [9.17, 15) is 4.79 Å². The molecule has 0 heterocycles. The van der Waals surface area contributed by atoms with Gasteiger partial charge >= 0.3 is 0 Å². The van der Waals surface area contributed by atoms with Crippen LogP contribution in [0, 0.1) is 5.92 Å². The predicted octanol–water partition coefficient (Wildman–Crippen LogP) is 2.25. The van der Waals surface area contributed by atoms with Crippen molar-refractivity contribution in [1.82, 2.24) is 10.2 Å². The zero-order valence-corrected chi connectivity index (χ0v) is 12.7. The van der Waals surface area contributed by atoms with Crippen molar-refractivity contribution in [3.63, 3.8) is 0 Å². The first-order chi connectivity index (χ1) is 7.36. The zero-order valence-electron chi connectivity index (χ0n) is 11.1. The molecule has 0 aromatic heterocycles. The smallest absolute Gasteiger partial charge is 0.234 e. The molecule has 0 saturated heterocycles. The Balaban J connectivity index is 3.63. The van der Waals surface area contributed by atoms with Crippen LogP contribution < -0.4 is 5.32 Å². The third kappa shape index (κ3) is 6.48. The first-order valence-corrected chi connectivity index (χ1v) is 6.89. The molecule has 0 saturated carbocycles. The first kappa shape index (κ1) is 15.9. The van der Waals surface area contributed by atoms with Crippen LogP contribution in [0.15, 0.2) is 0 Å². The summed E-state index contributed by atoms with van der Waals surface area (Å²) in [4.78, 5) is 13.8. The lowest BCUT2D eigenvalue weighted by molar-refractivity contribution is -0.121. The zero-order chi connectivity index (χ0) is 12.7. The second kappa shape index (κ2) is 8.07. The minimum absolute atomic E-state index is 0.0738. The quantitative estimate of drug-likeness (QED) is 0.577. The molecule has 4 heteroatoms. The molecule has 1 N–H and O–H groups in total. The summed E-state index contributed by atoms with van der Waals surface area (Å²) in [5, 5.41) is 2.95. The Bertz CT molecular complexity index is 207. The molecule has 0 spiro atoms. The van der Waals surface area contributed by atoms with Crippen LogP contribution in [-0.2, 0) is 4.79 Å². The Labute approximate surface area is 108 Å². The van der Waals surface area contributed by atoms with Gasteiger partial charge in [-0.1, -0.05) is 29.8 Å². The van der Waals surface area contributed by atoms with Gasteiger partial charge < -0.3 is 10.2 Å². The predicted molar refractivity (Wildman–Crippen MR) is 72.9 cm³/mol. The van der Waals surface area contributed by atoms with E-state index in [4.69, 9.17) is 0 Å². The number of alkyl halides is 1. The normalized spacial score (nSPS) is 13.6. The molecule has 0 aromatic carbocycles. The second-order valence-corrected chi connectivity index (χ2v) is 5.85. The van der Waals surface area contributed by atoms with Crippen LogP contribution >= 0.6 is 15.9 Å². The Kier molecular flexibility index (Phi) is 8.02. The molecule has 16 heavy (non-hydrogen) atoms. The van der Waals surface area contributed by atoms with E-state index >= 15 is 0 Å². The van der Waals surface area contributed by atoms with Crippen molar-refractivity contribution >= 4 is 21.8 Å². The van der Waals surface area contributed by atoms with E-state index in [2.05, 4.69) is 47.0 Å². The van der Waals surface area contributed by atoms with Gasteiger partial charge in [-0.25, -0.2) is 0 Å². The Morgan fingerprint density at radius 1 is 1.31 bits per heavy atom. The van der Waals surface area contributed by atoms with Gasteiger partial charge in [-0.05, 0) is 39.8 Å². The summed E-state index contributed by atoms with van der Waals surface area (Å²) in [6, 6.07) is 0.565. The number of amides is 1. The van der Waals surface area contributed by atoms with Gasteiger partial charge in [-0.2, -0.15) is 0 Å². The average molecular weight is 293 g/mol. The van der Waals surface area contributed by atoms with E-state index in [0.717, 1.165) is 19.5 Å². The second-order valence-electron chi connectivity index (χ2n) is 4.86. The van der Waals surface area contributed by atoms with Crippen LogP contribution in [0.1, 0.15) is 34.1 Å². The van der Waals surface area contributed by atoms with Crippen molar-refractivity contribution in [3.8, 4) is 0 Å². The van der Waals surface area contributed by atoms with Crippen LogP contribution in [0.4, 0.5) is 0 Å². The fourth-order valence-electron chi connectivity index (χ4n) is 1.20. The minimum atomic E-state index is -0.0738. The van der Waals surface area contributed by atoms with Gasteiger partial charge in [0.1, 0.15) is 0 Å². The molecule has 0 radical (unpaired) electrons. The van der Waals surface area contributed by atoms with Crippen LogP contribution in [0.25, 0.3) is 0 Å². The Morgan fingerprint density at radius 3 is 2.31 bits per heavy atom. The minimum Gasteiger partial charge on any atom is -0.355 e. The lowest BCUT2D eigenvalue weighted by Crippen LogP contribution is -2.36. The van der Waals surface area contributed by atoms with Crippen molar-refractivity contribution < 1.29 is 4.79 Å². The number of nitrogens with zero attached hydrogens (tertiary/aromatic N) is 1. The molecule has 1 unspecified atom stereocenters. The molecule has 0 rings (SSSR count). The van der Waals surface area contributed by atoms with E-state index in [1.54, 1.807) is 0 Å². The van der Waals surface area contributed by atoms with Crippen LogP contribution in [0.3, 0.4) is 0 Å². The molecular weight excluding hydrogens is 268 g/mol. The summed E-state index contributed by atoms with van der Waals surface area (Å²) in [6.45, 7) is 10.2. The number of rotatable bonds is 7. The van der Waals surface area contributed by atoms with Gasteiger partial charge in [0.15, 0.2) is 0 Å². The van der Waals surface area contributed by atoms with Crippen LogP contribution in [0.5, 0.6) is 0 Å². The summed E-state index contributed by atoms with van der Waals surface area (Å²) in [7, 11) is 2.11. The van der Waals surface area contributed by atoms with Crippen LogP contribution in [-0.4, -0.2) is 41.8 Å². The van der Waals surface area contributed by atoms with Gasteiger partial charge in [0, 0.05) is 12.6 Å². The van der Waals surface area contributed by atoms with Crippen LogP contribution in [0.2, 0.25) is 0 Å². The van der Waals surface area contributed by atoms with Crippen molar-refractivity contribution in [2.75, 3.05) is 20.1 Å². The lowest BCUT2D eigenvalue weighted by Gasteiger charge is -2.21. The van der Waals surface area contributed by atoms with E-state index in [1.165, 1.54) is 0 Å². The molecule has 0 bridgehead atoms. The first-order valence-electron chi connectivity index (χ1n) is 5.98. The van der Waals surface area contributed by atoms with E-state index in [0.29, 0.717) is 12.0 Å². The summed E-state index contributed by atoms with van der Waals surface area (Å²) in [6.07, 6.45) is 0.998. The SMILES string of the molecule is CC(C)C(Br)C(=O)NCCCN(C)C(C)C. The van der Waals surface area contributed by atoms with E-state index < -0.39 is 0 Å². The molecule has 0 aliphatic rings. The number of carbonyl (C=O) groups is 1. The maximum atomic E-state index is 11.6. The van der Waals surface area contributed by atoms with Gasteiger partial charge in [-0.3, -0.25) is 4.79 Å². The van der Waals surface area contributed by atoms with E-state index in [1.807, 2.05) is 13.8 Å². The van der Waals surface area contributed by atoms with E-state index in [-0.39, 0.29) is 10.7 Å². The van der Waals surface area contributed by atoms with Gasteiger partial charge in [-0.15, -0.1) is 0 Å². The lowest BCUT2D eigenvalue weighted by atomic mass is 10.1. The molecular formula is C12H25BrN2O.